The maximum Gasteiger partial charge on any atom is 0.135 e. The molecule has 0 saturated heterocycles. The van der Waals surface area contributed by atoms with Crippen LogP contribution in [0.2, 0.25) is 0 Å². The predicted molar refractivity (Wildman–Crippen MR) is 71.9 cm³/mol. The summed E-state index contributed by atoms with van der Waals surface area (Å²) in [6.45, 7) is 5.88. The Labute approximate surface area is 113 Å². The SMILES string of the molecule is Cc1ccc(F)c(C2(O)CCCC(C)(C)CC2)c1F. The fraction of sp³-hybridized carbons (Fsp3) is 0.625. The quantitative estimate of drug-likeness (QED) is 0.746. The van der Waals surface area contributed by atoms with Gasteiger partial charge >= 0.3 is 0 Å². The molecule has 0 aliphatic heterocycles. The van der Waals surface area contributed by atoms with Gasteiger partial charge in [-0.15, -0.1) is 0 Å². The van der Waals surface area contributed by atoms with Crippen molar-refractivity contribution in [2.24, 2.45) is 5.41 Å². The summed E-state index contributed by atoms with van der Waals surface area (Å²) in [5.74, 6) is -1.23. The van der Waals surface area contributed by atoms with E-state index < -0.39 is 17.2 Å². The van der Waals surface area contributed by atoms with Crippen molar-refractivity contribution < 1.29 is 13.9 Å². The first-order valence-electron chi connectivity index (χ1n) is 6.93. The van der Waals surface area contributed by atoms with Gasteiger partial charge in [0.15, 0.2) is 0 Å². The summed E-state index contributed by atoms with van der Waals surface area (Å²) in [7, 11) is 0. The minimum Gasteiger partial charge on any atom is -0.385 e. The van der Waals surface area contributed by atoms with Crippen molar-refractivity contribution in [3.63, 3.8) is 0 Å². The first kappa shape index (κ1) is 14.4. The van der Waals surface area contributed by atoms with Crippen molar-refractivity contribution in [1.82, 2.24) is 0 Å². The average molecular weight is 268 g/mol. The normalized spacial score (nSPS) is 27.1. The molecule has 1 aliphatic rings. The summed E-state index contributed by atoms with van der Waals surface area (Å²) in [5, 5.41) is 10.8. The highest BCUT2D eigenvalue weighted by atomic mass is 19.1. The Hall–Kier alpha value is -0.960. The van der Waals surface area contributed by atoms with Gasteiger partial charge < -0.3 is 5.11 Å². The molecule has 1 N–H and O–H groups in total. The molecule has 3 heteroatoms. The lowest BCUT2D eigenvalue weighted by Crippen LogP contribution is -2.28. The molecule has 1 atom stereocenters. The Balaban J connectivity index is 2.42. The Bertz CT molecular complexity index is 482. The third-order valence-corrected chi connectivity index (χ3v) is 4.41. The van der Waals surface area contributed by atoms with E-state index in [-0.39, 0.29) is 11.0 Å². The van der Waals surface area contributed by atoms with Crippen LogP contribution in [0.25, 0.3) is 0 Å². The zero-order valence-corrected chi connectivity index (χ0v) is 11.9. The van der Waals surface area contributed by atoms with E-state index in [1.165, 1.54) is 12.1 Å². The molecule has 0 spiro atoms. The van der Waals surface area contributed by atoms with Crippen molar-refractivity contribution in [3.8, 4) is 0 Å². The molecule has 2 rings (SSSR count). The Morgan fingerprint density at radius 2 is 1.74 bits per heavy atom. The molecule has 1 nitrogen and oxygen atoms in total. The molecule has 0 heterocycles. The van der Waals surface area contributed by atoms with Crippen molar-refractivity contribution in [3.05, 3.63) is 34.9 Å². The molecule has 0 amide bonds. The lowest BCUT2D eigenvalue weighted by atomic mass is 9.82. The van der Waals surface area contributed by atoms with Crippen LogP contribution < -0.4 is 0 Å². The van der Waals surface area contributed by atoms with E-state index in [0.29, 0.717) is 18.4 Å². The fourth-order valence-electron chi connectivity index (χ4n) is 2.99. The Kier molecular flexibility index (Phi) is 3.69. The number of aryl methyl sites for hydroxylation is 1. The van der Waals surface area contributed by atoms with Crippen LogP contribution in [0, 0.1) is 24.0 Å². The molecule has 19 heavy (non-hydrogen) atoms. The van der Waals surface area contributed by atoms with Gasteiger partial charge in [0.2, 0.25) is 0 Å². The molecular formula is C16H22F2O. The first-order chi connectivity index (χ1) is 8.75. The Morgan fingerprint density at radius 3 is 2.42 bits per heavy atom. The van der Waals surface area contributed by atoms with Crippen LogP contribution in [0.4, 0.5) is 8.78 Å². The van der Waals surface area contributed by atoms with E-state index in [0.717, 1.165) is 19.3 Å². The summed E-state index contributed by atoms with van der Waals surface area (Å²) < 4.78 is 28.2. The van der Waals surface area contributed by atoms with Gasteiger partial charge in [0.1, 0.15) is 11.6 Å². The molecule has 0 aromatic heterocycles. The summed E-state index contributed by atoms with van der Waals surface area (Å²) in [6.07, 6.45) is 3.38. The highest BCUT2D eigenvalue weighted by Crippen LogP contribution is 2.44. The number of halogens is 2. The van der Waals surface area contributed by atoms with Gasteiger partial charge in [-0.05, 0) is 56.1 Å². The third-order valence-electron chi connectivity index (χ3n) is 4.41. The van der Waals surface area contributed by atoms with Crippen molar-refractivity contribution in [2.45, 2.75) is 58.5 Å². The van der Waals surface area contributed by atoms with Gasteiger partial charge in [0, 0.05) is 0 Å². The van der Waals surface area contributed by atoms with Crippen molar-refractivity contribution >= 4 is 0 Å². The molecule has 0 radical (unpaired) electrons. The van der Waals surface area contributed by atoms with Gasteiger partial charge in [0.05, 0.1) is 11.2 Å². The highest BCUT2D eigenvalue weighted by molar-refractivity contribution is 5.31. The molecule has 1 fully saturated rings. The zero-order valence-electron chi connectivity index (χ0n) is 11.9. The van der Waals surface area contributed by atoms with Gasteiger partial charge in [-0.25, -0.2) is 8.78 Å². The molecule has 1 aromatic carbocycles. The first-order valence-corrected chi connectivity index (χ1v) is 6.93. The summed E-state index contributed by atoms with van der Waals surface area (Å²) in [4.78, 5) is 0. The van der Waals surface area contributed by atoms with Crippen LogP contribution >= 0.6 is 0 Å². The minimum atomic E-state index is -1.37. The van der Waals surface area contributed by atoms with Gasteiger partial charge in [-0.1, -0.05) is 19.9 Å². The minimum absolute atomic E-state index is 0.126. The largest absolute Gasteiger partial charge is 0.385 e. The maximum atomic E-state index is 14.2. The molecule has 1 saturated carbocycles. The van der Waals surface area contributed by atoms with Gasteiger partial charge in [0.25, 0.3) is 0 Å². The summed E-state index contributed by atoms with van der Waals surface area (Å²) >= 11 is 0. The van der Waals surface area contributed by atoms with E-state index in [9.17, 15) is 13.9 Å². The van der Waals surface area contributed by atoms with E-state index in [2.05, 4.69) is 13.8 Å². The van der Waals surface area contributed by atoms with E-state index >= 15 is 0 Å². The number of benzene rings is 1. The smallest absolute Gasteiger partial charge is 0.135 e. The standard InChI is InChI=1S/C16H22F2O/c1-11-5-6-12(17)13(14(11)18)16(19)8-4-7-15(2,3)9-10-16/h5-6,19H,4,7-10H2,1-3H3. The molecule has 1 aromatic rings. The molecule has 0 bridgehead atoms. The second-order valence-electron chi connectivity index (χ2n) is 6.60. The monoisotopic (exact) mass is 268 g/mol. The molecule has 1 unspecified atom stereocenters. The fourth-order valence-corrected chi connectivity index (χ4v) is 2.99. The highest BCUT2D eigenvalue weighted by Gasteiger charge is 2.39. The number of hydrogen-bond donors (Lipinski definition) is 1. The maximum absolute atomic E-state index is 14.2. The van der Waals surface area contributed by atoms with Crippen molar-refractivity contribution in [2.75, 3.05) is 0 Å². The summed E-state index contributed by atoms with van der Waals surface area (Å²) in [6, 6.07) is 2.67. The van der Waals surface area contributed by atoms with Crippen molar-refractivity contribution in [1.29, 1.82) is 0 Å². The molecular weight excluding hydrogens is 246 g/mol. The molecule has 1 aliphatic carbocycles. The van der Waals surface area contributed by atoms with Gasteiger partial charge in [-0.3, -0.25) is 0 Å². The van der Waals surface area contributed by atoms with E-state index in [1.807, 2.05) is 0 Å². The van der Waals surface area contributed by atoms with Crippen LogP contribution in [0.15, 0.2) is 12.1 Å². The lowest BCUT2D eigenvalue weighted by molar-refractivity contribution is 0.0110. The number of aliphatic hydroxyl groups is 1. The lowest BCUT2D eigenvalue weighted by Gasteiger charge is -2.29. The van der Waals surface area contributed by atoms with Crippen LogP contribution in [-0.4, -0.2) is 5.11 Å². The average Bonchev–Trinajstić information content (AvgIpc) is 2.45. The number of rotatable bonds is 1. The zero-order chi connectivity index (χ0) is 14.3. The van der Waals surface area contributed by atoms with Crippen LogP contribution in [0.1, 0.15) is 57.1 Å². The van der Waals surface area contributed by atoms with Crippen LogP contribution in [0.3, 0.4) is 0 Å². The third kappa shape index (κ3) is 2.81. The Morgan fingerprint density at radius 1 is 1.05 bits per heavy atom. The summed E-state index contributed by atoms with van der Waals surface area (Å²) in [5.41, 5.74) is -0.992. The number of hydrogen-bond acceptors (Lipinski definition) is 1. The molecule has 106 valence electrons. The van der Waals surface area contributed by atoms with Gasteiger partial charge in [-0.2, -0.15) is 0 Å². The van der Waals surface area contributed by atoms with Crippen LogP contribution in [-0.2, 0) is 5.60 Å². The predicted octanol–water partition coefficient (Wildman–Crippen LogP) is 4.45. The van der Waals surface area contributed by atoms with E-state index in [1.54, 1.807) is 6.92 Å². The second-order valence-corrected chi connectivity index (χ2v) is 6.60. The topological polar surface area (TPSA) is 20.2 Å². The van der Waals surface area contributed by atoms with Crippen LogP contribution in [0.5, 0.6) is 0 Å². The second kappa shape index (κ2) is 4.86. The van der Waals surface area contributed by atoms with E-state index in [4.69, 9.17) is 0 Å².